The smallest absolute Gasteiger partial charge is 0.349 e. The highest BCUT2D eigenvalue weighted by atomic mass is 16.6. The number of carbonyl (C=O) groups excluding carboxylic acids is 4. The molecule has 0 aliphatic heterocycles. The molecule has 0 aliphatic carbocycles. The van der Waals surface area contributed by atoms with Gasteiger partial charge in [0.05, 0.1) is 81.2 Å². The van der Waals surface area contributed by atoms with Gasteiger partial charge in [-0.1, -0.05) is 0 Å². The predicted molar refractivity (Wildman–Crippen MR) is 181 cm³/mol. The fourth-order valence-corrected chi connectivity index (χ4v) is 3.11. The summed E-state index contributed by atoms with van der Waals surface area (Å²) in [6, 6.07) is 0. The summed E-state index contributed by atoms with van der Waals surface area (Å²) in [6.45, 7) is 2.23. The highest BCUT2D eigenvalue weighted by Crippen LogP contribution is 2.24. The number of hydrogen-bond donors (Lipinski definition) is 10. The number of carboxylic acids is 10. The van der Waals surface area contributed by atoms with E-state index in [0.29, 0.717) is 0 Å². The maximum Gasteiger partial charge on any atom is 0.349 e. The van der Waals surface area contributed by atoms with E-state index in [1.54, 1.807) is 0 Å². The van der Waals surface area contributed by atoms with Crippen LogP contribution in [0.15, 0.2) is 0 Å². The molecule has 10 N–H and O–H groups in total. The van der Waals surface area contributed by atoms with E-state index < -0.39 is 128 Å². The minimum atomic E-state index is -2.84. The second-order valence-corrected chi connectivity index (χ2v) is 13.4. The molecule has 0 spiro atoms. The standard InChI is InChI=1S/2C9H10O10.2C5H14NO.C3H4O4/c2*10-4(11)1-7(16)19-9(8(17)18,2-5(12)13)3-6(14)15;2*1-6(2,3)4-5-7;4-2(5)1-3(6)7/h2*1-3H2,(H,10,11)(H,12,13)(H,14,15)(H,17,18);2*7H,4-5H2,1-3H3;1H2,(H,4,5)(H,6,7)/q;;2*+1;/p-2. The van der Waals surface area contributed by atoms with Crippen molar-refractivity contribution in [3.63, 3.8) is 0 Å². The zero-order valence-electron chi connectivity index (χ0n) is 32.7. The van der Waals surface area contributed by atoms with Gasteiger partial charge in [0.25, 0.3) is 0 Å². The maximum absolute atomic E-state index is 11.1. The maximum atomic E-state index is 11.1. The summed E-state index contributed by atoms with van der Waals surface area (Å²) in [7, 11) is 12.3. The van der Waals surface area contributed by atoms with Gasteiger partial charge < -0.3 is 89.3 Å². The van der Waals surface area contributed by atoms with Crippen LogP contribution in [0.1, 0.15) is 44.9 Å². The van der Waals surface area contributed by atoms with Gasteiger partial charge >= 0.3 is 59.7 Å². The van der Waals surface area contributed by atoms with Crippen LogP contribution in [0.4, 0.5) is 0 Å². The summed E-state index contributed by atoms with van der Waals surface area (Å²) in [6.07, 6.45) is -8.68. The molecule has 0 aliphatic rings. The Morgan fingerprint density at radius 2 is 0.644 bits per heavy atom. The number of carboxylic acid groups (broad SMARTS) is 10. The summed E-state index contributed by atoms with van der Waals surface area (Å²) in [5.41, 5.74) is -5.69. The summed E-state index contributed by atoms with van der Waals surface area (Å²) in [5, 5.41) is 104. The van der Waals surface area contributed by atoms with Crippen LogP contribution in [0, 0.1) is 0 Å². The summed E-state index contributed by atoms with van der Waals surface area (Å²) >= 11 is 0. The highest BCUT2D eigenvalue weighted by Gasteiger charge is 2.48. The molecule has 0 unspecified atom stereocenters. The molecule has 0 aromatic carbocycles. The number of esters is 2. The average molecular weight is 867 g/mol. The van der Waals surface area contributed by atoms with E-state index in [4.69, 9.17) is 51.1 Å². The third-order valence-electron chi connectivity index (χ3n) is 5.57. The minimum Gasteiger partial charge on any atom is -0.550 e. The van der Waals surface area contributed by atoms with Gasteiger partial charge in [0.1, 0.15) is 25.9 Å². The highest BCUT2D eigenvalue weighted by molar-refractivity contribution is 5.96. The van der Waals surface area contributed by atoms with Crippen molar-refractivity contribution in [1.82, 2.24) is 0 Å². The number of rotatable bonds is 22. The third kappa shape index (κ3) is 40.9. The second kappa shape index (κ2) is 29.7. The molecular weight excluding hydrogens is 816 g/mol. The summed E-state index contributed by atoms with van der Waals surface area (Å²) in [5.74, 6) is -20.4. The molecule has 0 atom stereocenters. The topological polar surface area (TPSA) is 472 Å². The Hall–Kier alpha value is -6.52. The van der Waals surface area contributed by atoms with E-state index in [1.807, 2.05) is 0 Å². The van der Waals surface area contributed by atoms with Crippen molar-refractivity contribution in [3.05, 3.63) is 0 Å². The molecule has 0 heterocycles. The number of aliphatic hydroxyl groups excluding tert-OH is 2. The van der Waals surface area contributed by atoms with Gasteiger partial charge in [-0.2, -0.15) is 0 Å². The van der Waals surface area contributed by atoms with Crippen LogP contribution >= 0.6 is 0 Å². The molecule has 28 nitrogen and oxygen atoms in total. The molecule has 0 fully saturated rings. The molecule has 0 rings (SSSR count). The van der Waals surface area contributed by atoms with Crippen LogP contribution in [0.5, 0.6) is 0 Å². The van der Waals surface area contributed by atoms with E-state index in [9.17, 15) is 67.7 Å². The molecule has 28 heteroatoms. The Balaban J connectivity index is -0.000000224. The van der Waals surface area contributed by atoms with Gasteiger partial charge in [-0.15, -0.1) is 0 Å². The number of carbonyl (C=O) groups is 12. The molecule has 0 saturated heterocycles. The molecular formula is C31H50N2O26. The van der Waals surface area contributed by atoms with Crippen molar-refractivity contribution >= 4 is 71.6 Å². The van der Waals surface area contributed by atoms with E-state index in [-0.39, 0.29) is 13.2 Å². The van der Waals surface area contributed by atoms with Crippen LogP contribution in [-0.2, 0) is 67.0 Å². The molecule has 0 aromatic rings. The summed E-state index contributed by atoms with van der Waals surface area (Å²) < 4.78 is 10.2. The number of quaternary nitrogens is 2. The molecule has 0 bridgehead atoms. The van der Waals surface area contributed by atoms with Crippen LogP contribution in [-0.4, -0.2) is 211 Å². The minimum absolute atomic E-state index is 0.281. The largest absolute Gasteiger partial charge is 0.550 e. The van der Waals surface area contributed by atoms with Crippen LogP contribution < -0.4 is 10.2 Å². The molecule has 59 heavy (non-hydrogen) atoms. The lowest BCUT2D eigenvalue weighted by Crippen LogP contribution is -2.47. The van der Waals surface area contributed by atoms with Crippen molar-refractivity contribution in [1.29, 1.82) is 0 Å². The quantitative estimate of drug-likeness (QED) is 0.0275. The molecule has 340 valence electrons. The Morgan fingerprint density at radius 1 is 0.424 bits per heavy atom. The van der Waals surface area contributed by atoms with E-state index >= 15 is 0 Å². The van der Waals surface area contributed by atoms with E-state index in [0.717, 1.165) is 22.1 Å². The first kappa shape index (κ1) is 61.7. The van der Waals surface area contributed by atoms with Crippen molar-refractivity contribution in [2.45, 2.75) is 56.1 Å². The normalized spacial score (nSPS) is 10.6. The summed E-state index contributed by atoms with van der Waals surface area (Å²) in [4.78, 5) is 125. The number of nitrogens with zero attached hydrogens (tertiary/aromatic N) is 2. The first-order valence-corrected chi connectivity index (χ1v) is 15.9. The first-order chi connectivity index (χ1) is 26.4. The molecule has 0 radical (unpaired) electrons. The van der Waals surface area contributed by atoms with Gasteiger partial charge in [0.2, 0.25) is 11.2 Å². The number of hydrogen-bond acceptors (Lipinski definition) is 18. The molecule has 0 saturated carbocycles. The van der Waals surface area contributed by atoms with Crippen molar-refractivity contribution < 1.29 is 137 Å². The third-order valence-corrected chi connectivity index (χ3v) is 5.57. The van der Waals surface area contributed by atoms with Crippen molar-refractivity contribution in [3.8, 4) is 0 Å². The SMILES string of the molecule is C[N+](C)(C)CCO.C[N+](C)(C)CCO.O=C(O)CC(=O)OC(CC(=O)O)(CC(=O)O)C(=O)O.O=C(O)CC(=O)OC(CC(=O)O)(CC(=O)O)C(=O)O.O=C([O-])CC(=O)[O-]. The predicted octanol–water partition coefficient (Wildman–Crippen LogP) is -6.20. The monoisotopic (exact) mass is 866 g/mol. The first-order valence-electron chi connectivity index (χ1n) is 15.9. The Bertz CT molecular complexity index is 1330. The molecule has 0 amide bonds. The average Bonchev–Trinajstić information content (AvgIpc) is 2.93. The number of aliphatic carboxylic acids is 10. The van der Waals surface area contributed by atoms with Crippen LogP contribution in [0.3, 0.4) is 0 Å². The Morgan fingerprint density at radius 3 is 0.729 bits per heavy atom. The van der Waals surface area contributed by atoms with Gasteiger partial charge in [-0.3, -0.25) is 38.4 Å². The number of likely N-dealkylation sites (N-methyl/N-ethyl adjacent to an activating group) is 2. The zero-order valence-corrected chi connectivity index (χ0v) is 32.7. The van der Waals surface area contributed by atoms with Gasteiger partial charge in [-0.05, 0) is 0 Å². The van der Waals surface area contributed by atoms with Crippen LogP contribution in [0.25, 0.3) is 0 Å². The lowest BCUT2D eigenvalue weighted by molar-refractivity contribution is -0.870. The van der Waals surface area contributed by atoms with Crippen molar-refractivity contribution in [2.75, 3.05) is 68.6 Å². The fraction of sp³-hybridized carbons (Fsp3) is 0.613. The van der Waals surface area contributed by atoms with E-state index in [2.05, 4.69) is 51.8 Å². The molecule has 0 aromatic heterocycles. The zero-order chi connectivity index (χ0) is 48.1. The van der Waals surface area contributed by atoms with Gasteiger partial charge in [0.15, 0.2) is 0 Å². The lowest BCUT2D eigenvalue weighted by atomic mass is 9.95. The van der Waals surface area contributed by atoms with E-state index in [1.165, 1.54) is 0 Å². The number of ether oxygens (including phenoxy) is 2. The van der Waals surface area contributed by atoms with Crippen LogP contribution in [0.2, 0.25) is 0 Å². The van der Waals surface area contributed by atoms with Crippen molar-refractivity contribution in [2.24, 2.45) is 0 Å². The second-order valence-electron chi connectivity index (χ2n) is 13.4. The Labute approximate surface area is 333 Å². The fourth-order valence-electron chi connectivity index (χ4n) is 3.11. The van der Waals surface area contributed by atoms with Gasteiger partial charge in [0, 0.05) is 18.4 Å². The lowest BCUT2D eigenvalue weighted by Gasteiger charge is -2.25. The number of aliphatic hydroxyl groups is 2. The Kier molecular flexibility index (Phi) is 31.0. The van der Waals surface area contributed by atoms with Gasteiger partial charge in [-0.25, -0.2) is 9.59 Å².